The van der Waals surface area contributed by atoms with Gasteiger partial charge < -0.3 is 10.6 Å². The van der Waals surface area contributed by atoms with Crippen LogP contribution in [0.25, 0.3) is 0 Å². The molecular formula is C20H22N4. The van der Waals surface area contributed by atoms with Crippen molar-refractivity contribution in [2.45, 2.75) is 19.9 Å². The standard InChI is InChI=1S/C20H22N4/c1-16-6-5-9-18(14-16)15-23-19-11-13-22-20(24-19)21-12-10-17-7-3-2-4-8-17/h2-9,11,13-14H,10,12,15H2,1H3,(H2,21,22,23,24). The predicted octanol–water partition coefficient (Wildman–Crippen LogP) is 4.05. The highest BCUT2D eigenvalue weighted by Crippen LogP contribution is 2.10. The monoisotopic (exact) mass is 318 g/mol. The van der Waals surface area contributed by atoms with Gasteiger partial charge in [-0.3, -0.25) is 0 Å². The van der Waals surface area contributed by atoms with E-state index in [9.17, 15) is 0 Å². The summed E-state index contributed by atoms with van der Waals surface area (Å²) in [6.07, 6.45) is 2.72. The molecule has 0 atom stereocenters. The number of rotatable bonds is 7. The summed E-state index contributed by atoms with van der Waals surface area (Å²) in [4.78, 5) is 8.79. The molecule has 2 aromatic carbocycles. The molecule has 0 amide bonds. The van der Waals surface area contributed by atoms with Crippen molar-refractivity contribution < 1.29 is 0 Å². The van der Waals surface area contributed by atoms with Gasteiger partial charge in [0.15, 0.2) is 0 Å². The fraction of sp³-hybridized carbons (Fsp3) is 0.200. The van der Waals surface area contributed by atoms with Crippen molar-refractivity contribution in [3.05, 3.63) is 83.6 Å². The molecule has 3 aromatic rings. The summed E-state index contributed by atoms with van der Waals surface area (Å²) < 4.78 is 0. The van der Waals surface area contributed by atoms with E-state index in [0.717, 1.165) is 25.3 Å². The van der Waals surface area contributed by atoms with E-state index in [0.29, 0.717) is 5.95 Å². The van der Waals surface area contributed by atoms with Crippen molar-refractivity contribution in [1.29, 1.82) is 0 Å². The van der Waals surface area contributed by atoms with Crippen molar-refractivity contribution in [2.24, 2.45) is 0 Å². The highest BCUT2D eigenvalue weighted by molar-refractivity contribution is 5.40. The molecule has 0 radical (unpaired) electrons. The summed E-state index contributed by atoms with van der Waals surface area (Å²) in [7, 11) is 0. The Bertz CT molecular complexity index is 771. The van der Waals surface area contributed by atoms with Gasteiger partial charge in [-0.25, -0.2) is 4.98 Å². The van der Waals surface area contributed by atoms with Gasteiger partial charge in [0.1, 0.15) is 5.82 Å². The van der Waals surface area contributed by atoms with Gasteiger partial charge in [0.25, 0.3) is 0 Å². The Morgan fingerprint density at radius 1 is 0.875 bits per heavy atom. The number of aromatic nitrogens is 2. The summed E-state index contributed by atoms with van der Waals surface area (Å²) >= 11 is 0. The zero-order valence-corrected chi connectivity index (χ0v) is 13.9. The molecule has 24 heavy (non-hydrogen) atoms. The Morgan fingerprint density at radius 2 is 1.71 bits per heavy atom. The van der Waals surface area contributed by atoms with Gasteiger partial charge in [0.2, 0.25) is 5.95 Å². The molecule has 122 valence electrons. The molecule has 0 unspecified atom stereocenters. The van der Waals surface area contributed by atoms with Crippen LogP contribution in [0.1, 0.15) is 16.7 Å². The van der Waals surface area contributed by atoms with Crippen LogP contribution in [0.4, 0.5) is 11.8 Å². The van der Waals surface area contributed by atoms with Crippen molar-refractivity contribution in [1.82, 2.24) is 9.97 Å². The van der Waals surface area contributed by atoms with Crippen molar-refractivity contribution in [3.63, 3.8) is 0 Å². The quantitative estimate of drug-likeness (QED) is 0.690. The molecule has 0 aliphatic carbocycles. The van der Waals surface area contributed by atoms with Crippen molar-refractivity contribution in [2.75, 3.05) is 17.2 Å². The van der Waals surface area contributed by atoms with Gasteiger partial charge in [-0.2, -0.15) is 4.98 Å². The van der Waals surface area contributed by atoms with E-state index in [1.807, 2.05) is 12.1 Å². The smallest absolute Gasteiger partial charge is 0.224 e. The second kappa shape index (κ2) is 8.11. The number of hydrogen-bond acceptors (Lipinski definition) is 4. The maximum atomic E-state index is 4.51. The van der Waals surface area contributed by atoms with Gasteiger partial charge >= 0.3 is 0 Å². The Balaban J connectivity index is 1.52. The highest BCUT2D eigenvalue weighted by Gasteiger charge is 2.00. The van der Waals surface area contributed by atoms with Gasteiger partial charge in [-0.1, -0.05) is 60.2 Å². The topological polar surface area (TPSA) is 49.8 Å². The van der Waals surface area contributed by atoms with Crippen LogP contribution < -0.4 is 10.6 Å². The molecule has 2 N–H and O–H groups in total. The lowest BCUT2D eigenvalue weighted by molar-refractivity contribution is 0.979. The third kappa shape index (κ3) is 4.81. The van der Waals surface area contributed by atoms with Crippen LogP contribution in [0.15, 0.2) is 66.9 Å². The van der Waals surface area contributed by atoms with E-state index in [2.05, 4.69) is 76.1 Å². The number of anilines is 2. The Kier molecular flexibility index (Phi) is 5.40. The highest BCUT2D eigenvalue weighted by atomic mass is 15.1. The molecule has 0 bridgehead atoms. The van der Waals surface area contributed by atoms with Gasteiger partial charge in [-0.15, -0.1) is 0 Å². The SMILES string of the molecule is Cc1cccc(CNc2ccnc(NCCc3ccccc3)n2)c1. The maximum absolute atomic E-state index is 4.51. The Hall–Kier alpha value is -2.88. The second-order valence-corrected chi connectivity index (χ2v) is 5.77. The summed E-state index contributed by atoms with van der Waals surface area (Å²) in [5.74, 6) is 1.48. The molecule has 4 heteroatoms. The molecule has 1 aromatic heterocycles. The average molecular weight is 318 g/mol. The number of nitrogens with zero attached hydrogens (tertiary/aromatic N) is 2. The lowest BCUT2D eigenvalue weighted by Gasteiger charge is -2.09. The first kappa shape index (κ1) is 16.0. The lowest BCUT2D eigenvalue weighted by atomic mass is 10.1. The predicted molar refractivity (Wildman–Crippen MR) is 99.2 cm³/mol. The van der Waals surface area contributed by atoms with Gasteiger partial charge in [-0.05, 0) is 30.5 Å². The fourth-order valence-corrected chi connectivity index (χ4v) is 2.52. The van der Waals surface area contributed by atoms with Crippen LogP contribution in [0.2, 0.25) is 0 Å². The molecule has 3 rings (SSSR count). The minimum Gasteiger partial charge on any atom is -0.366 e. The van der Waals surface area contributed by atoms with Crippen LogP contribution in [0, 0.1) is 6.92 Å². The normalized spacial score (nSPS) is 10.4. The Labute approximate surface area is 143 Å². The zero-order chi connectivity index (χ0) is 16.6. The molecule has 4 nitrogen and oxygen atoms in total. The number of nitrogens with one attached hydrogen (secondary N) is 2. The fourth-order valence-electron chi connectivity index (χ4n) is 2.52. The number of benzene rings is 2. The first-order valence-corrected chi connectivity index (χ1v) is 8.20. The summed E-state index contributed by atoms with van der Waals surface area (Å²) in [5.41, 5.74) is 3.81. The van der Waals surface area contributed by atoms with E-state index >= 15 is 0 Å². The number of hydrogen-bond donors (Lipinski definition) is 2. The molecule has 1 heterocycles. The molecule has 0 saturated heterocycles. The minimum absolute atomic E-state index is 0.653. The Morgan fingerprint density at radius 3 is 2.54 bits per heavy atom. The first-order valence-electron chi connectivity index (χ1n) is 8.20. The summed E-state index contributed by atoms with van der Waals surface area (Å²) in [6, 6.07) is 20.7. The van der Waals surface area contributed by atoms with E-state index in [1.165, 1.54) is 16.7 Å². The van der Waals surface area contributed by atoms with Crippen molar-refractivity contribution >= 4 is 11.8 Å². The third-order valence-corrected chi connectivity index (χ3v) is 3.75. The zero-order valence-electron chi connectivity index (χ0n) is 13.9. The van der Waals surface area contributed by atoms with Crippen LogP contribution in [0.3, 0.4) is 0 Å². The second-order valence-electron chi connectivity index (χ2n) is 5.77. The van der Waals surface area contributed by atoms with E-state index < -0.39 is 0 Å². The third-order valence-electron chi connectivity index (χ3n) is 3.75. The molecule has 0 aliphatic rings. The van der Waals surface area contributed by atoms with Crippen LogP contribution in [-0.2, 0) is 13.0 Å². The van der Waals surface area contributed by atoms with E-state index in [4.69, 9.17) is 0 Å². The van der Waals surface area contributed by atoms with E-state index in [1.54, 1.807) is 6.20 Å². The largest absolute Gasteiger partial charge is 0.366 e. The number of aryl methyl sites for hydroxylation is 1. The van der Waals surface area contributed by atoms with Crippen LogP contribution in [-0.4, -0.2) is 16.5 Å². The van der Waals surface area contributed by atoms with Gasteiger partial charge in [0, 0.05) is 19.3 Å². The molecule has 0 fully saturated rings. The molecular weight excluding hydrogens is 296 g/mol. The maximum Gasteiger partial charge on any atom is 0.224 e. The van der Waals surface area contributed by atoms with Crippen LogP contribution in [0.5, 0.6) is 0 Å². The first-order chi connectivity index (χ1) is 11.8. The van der Waals surface area contributed by atoms with E-state index in [-0.39, 0.29) is 0 Å². The summed E-state index contributed by atoms with van der Waals surface area (Å²) in [5, 5.41) is 6.62. The molecule has 0 aliphatic heterocycles. The van der Waals surface area contributed by atoms with Gasteiger partial charge in [0.05, 0.1) is 0 Å². The average Bonchev–Trinajstić information content (AvgIpc) is 2.61. The minimum atomic E-state index is 0.653. The van der Waals surface area contributed by atoms with Crippen LogP contribution >= 0.6 is 0 Å². The molecule has 0 spiro atoms. The lowest BCUT2D eigenvalue weighted by Crippen LogP contribution is -2.09. The van der Waals surface area contributed by atoms with Crippen molar-refractivity contribution in [3.8, 4) is 0 Å². The summed E-state index contributed by atoms with van der Waals surface area (Å²) in [6.45, 7) is 3.66. The molecule has 0 saturated carbocycles.